The Morgan fingerprint density at radius 3 is 0.344 bits per heavy atom. The molecule has 0 aliphatic heterocycles. The molecule has 61 heavy (non-hydrogen) atoms. The molecule has 0 rings (SSSR count). The Balaban J connectivity index is 6.85. The Morgan fingerprint density at radius 2 is 0.230 bits per heavy atom. The van der Waals surface area contributed by atoms with Crippen molar-refractivity contribution in [1.82, 2.24) is 0 Å². The van der Waals surface area contributed by atoms with Crippen molar-refractivity contribution in [3.8, 4) is 0 Å². The van der Waals surface area contributed by atoms with Gasteiger partial charge in [0.1, 0.15) is 0 Å². The van der Waals surface area contributed by atoms with E-state index in [2.05, 4.69) is 41.5 Å². The topological polar surface area (TPSA) is 0 Å². The van der Waals surface area contributed by atoms with Crippen LogP contribution in [0.4, 0.5) is 0 Å². The van der Waals surface area contributed by atoms with E-state index in [1.54, 1.807) is 73.0 Å². The van der Waals surface area contributed by atoms with Gasteiger partial charge >= 0.3 is 0 Å². The first kappa shape index (κ1) is 61.4. The van der Waals surface area contributed by atoms with Crippen molar-refractivity contribution in [3.05, 3.63) is 0 Å². The maximum Gasteiger partial charge on any atom is -0.0336 e. The van der Waals surface area contributed by atoms with Crippen molar-refractivity contribution in [1.29, 1.82) is 0 Å². The molecule has 0 spiro atoms. The average molecular weight is 880 g/mol. The molecule has 0 fully saturated rings. The van der Waals surface area contributed by atoms with Crippen molar-refractivity contribution >= 4 is 8.29 Å². The molecular formula is C60H126S. The lowest BCUT2D eigenvalue weighted by Gasteiger charge is -2.82. The number of hydrogen-bond acceptors (Lipinski definition) is 0. The molecule has 0 saturated heterocycles. The largest absolute Gasteiger partial charge is 0.274 e. The van der Waals surface area contributed by atoms with Crippen LogP contribution in [0.1, 0.15) is 350 Å². The highest BCUT2D eigenvalue weighted by Crippen LogP contribution is 2.91. The third kappa shape index (κ3) is 33.5. The Bertz CT molecular complexity index is 652. The molecule has 0 atom stereocenters. The van der Waals surface area contributed by atoms with Gasteiger partial charge in [-0.1, -0.05) is 311 Å². The molecule has 0 amide bonds. The predicted molar refractivity (Wildman–Crippen MR) is 292 cm³/mol. The summed E-state index contributed by atoms with van der Waals surface area (Å²) < 4.78 is 0. The third-order valence-corrected chi connectivity index (χ3v) is 26.7. The first-order valence-electron chi connectivity index (χ1n) is 30.0. The molecule has 0 aromatic heterocycles. The van der Waals surface area contributed by atoms with E-state index < -0.39 is 8.29 Å². The fourth-order valence-electron chi connectivity index (χ4n) is 12.0. The molecule has 0 aromatic rings. The lowest BCUT2D eigenvalue weighted by Crippen LogP contribution is -2.53. The van der Waals surface area contributed by atoms with Crippen LogP contribution in [-0.2, 0) is 0 Å². The van der Waals surface area contributed by atoms with Crippen LogP contribution in [0.3, 0.4) is 0 Å². The minimum atomic E-state index is -2.39. The van der Waals surface area contributed by atoms with Gasteiger partial charge in [-0.3, -0.25) is 8.29 Å². The first-order valence-corrected chi connectivity index (χ1v) is 33.4. The lowest BCUT2D eigenvalue weighted by atomic mass is 10.1. The SMILES string of the molecule is CCCCCCCCCCS(CCCCCCCCCC)(CCCCCCCCCC)(CCCCCCCCCC)(CCCCCCCCCC)CCCCCCCCCC. The van der Waals surface area contributed by atoms with Crippen molar-refractivity contribution in [2.75, 3.05) is 34.5 Å². The normalized spacial score (nSPS) is 13.3. The monoisotopic (exact) mass is 879 g/mol. The zero-order chi connectivity index (χ0) is 44.6. The summed E-state index contributed by atoms with van der Waals surface area (Å²) in [6.07, 6.45) is 71.5. The quantitative estimate of drug-likeness (QED) is 0.0534. The fraction of sp³-hybridized carbons (Fsp3) is 1.00. The van der Waals surface area contributed by atoms with Gasteiger partial charge in [-0.05, 0) is 73.0 Å². The maximum atomic E-state index is 2.38. The highest BCUT2D eigenvalue weighted by molar-refractivity contribution is 8.64. The van der Waals surface area contributed by atoms with Crippen LogP contribution in [0.5, 0.6) is 0 Å². The fourth-order valence-corrected chi connectivity index (χ4v) is 22.4. The van der Waals surface area contributed by atoms with Gasteiger partial charge in [-0.2, -0.15) is 0 Å². The highest BCUT2D eigenvalue weighted by atomic mass is 32.4. The van der Waals surface area contributed by atoms with Crippen LogP contribution in [0, 0.1) is 0 Å². The van der Waals surface area contributed by atoms with E-state index in [4.69, 9.17) is 0 Å². The molecule has 0 aliphatic rings. The second-order valence-electron chi connectivity index (χ2n) is 22.1. The standard InChI is InChI=1S/C60H126S/c1-7-13-19-25-31-37-43-49-55-61(56-50-44-38-32-26-20-14-8-2,57-51-45-39-33-27-21-15-9-3,58-52-46-40-34-28-22-16-10-4,59-53-47-41-35-29-23-17-11-5)60-54-48-42-36-30-24-18-12-6/h7-60H2,1-6H3. The summed E-state index contributed by atoms with van der Waals surface area (Å²) in [5.41, 5.74) is 0. The first-order chi connectivity index (χ1) is 30.0. The van der Waals surface area contributed by atoms with Crippen LogP contribution in [0.25, 0.3) is 0 Å². The van der Waals surface area contributed by atoms with Gasteiger partial charge in [0.05, 0.1) is 0 Å². The summed E-state index contributed by atoms with van der Waals surface area (Å²) in [6, 6.07) is 0. The minimum absolute atomic E-state index is 1.38. The summed E-state index contributed by atoms with van der Waals surface area (Å²) in [7, 11) is -2.39. The summed E-state index contributed by atoms with van der Waals surface area (Å²) >= 11 is 0. The zero-order valence-electron chi connectivity index (χ0n) is 44.6. The summed E-state index contributed by atoms with van der Waals surface area (Å²) in [6.45, 7) is 14.3. The van der Waals surface area contributed by atoms with Crippen LogP contribution in [0.15, 0.2) is 0 Å². The van der Waals surface area contributed by atoms with E-state index in [1.165, 1.54) is 270 Å². The molecule has 0 unspecified atom stereocenters. The van der Waals surface area contributed by atoms with Gasteiger partial charge in [0.2, 0.25) is 0 Å². The van der Waals surface area contributed by atoms with Crippen molar-refractivity contribution in [3.63, 3.8) is 0 Å². The van der Waals surface area contributed by atoms with Crippen molar-refractivity contribution < 1.29 is 0 Å². The molecule has 0 nitrogen and oxygen atoms in total. The molecule has 0 aliphatic carbocycles. The Morgan fingerprint density at radius 1 is 0.131 bits per heavy atom. The summed E-state index contributed by atoms with van der Waals surface area (Å²) in [4.78, 5) is 0. The Kier molecular flexibility index (Phi) is 44.5. The van der Waals surface area contributed by atoms with Crippen LogP contribution >= 0.6 is 8.29 Å². The molecule has 0 aromatic carbocycles. The summed E-state index contributed by atoms with van der Waals surface area (Å²) in [5.74, 6) is 10.2. The van der Waals surface area contributed by atoms with Gasteiger partial charge in [0.15, 0.2) is 0 Å². The lowest BCUT2D eigenvalue weighted by molar-refractivity contribution is 0.568. The minimum Gasteiger partial charge on any atom is -0.274 e. The molecule has 1 heteroatoms. The van der Waals surface area contributed by atoms with Gasteiger partial charge in [0.25, 0.3) is 0 Å². The van der Waals surface area contributed by atoms with E-state index >= 15 is 0 Å². The molecule has 0 radical (unpaired) electrons. The maximum absolute atomic E-state index is 2.39. The van der Waals surface area contributed by atoms with Crippen LogP contribution in [0.2, 0.25) is 0 Å². The second-order valence-corrected chi connectivity index (χ2v) is 30.7. The Labute approximate surface area is 390 Å². The third-order valence-electron chi connectivity index (χ3n) is 16.3. The molecule has 0 saturated carbocycles. The zero-order valence-corrected chi connectivity index (χ0v) is 45.4. The average Bonchev–Trinajstić information content (AvgIpc) is 3.27. The molecule has 0 bridgehead atoms. The van der Waals surface area contributed by atoms with Gasteiger partial charge < -0.3 is 0 Å². The van der Waals surface area contributed by atoms with E-state index in [0.29, 0.717) is 0 Å². The van der Waals surface area contributed by atoms with Gasteiger partial charge in [0, 0.05) is 0 Å². The van der Waals surface area contributed by atoms with E-state index in [0.717, 1.165) is 0 Å². The smallest absolute Gasteiger partial charge is 0.0336 e. The number of rotatable bonds is 54. The summed E-state index contributed by atoms with van der Waals surface area (Å²) in [5, 5.41) is 0. The van der Waals surface area contributed by atoms with Gasteiger partial charge in [-0.15, -0.1) is 0 Å². The van der Waals surface area contributed by atoms with Crippen LogP contribution < -0.4 is 0 Å². The molecule has 372 valence electrons. The van der Waals surface area contributed by atoms with E-state index in [-0.39, 0.29) is 0 Å². The molecule has 0 heterocycles. The molecule has 0 N–H and O–H groups in total. The number of unbranched alkanes of at least 4 members (excludes halogenated alkanes) is 42. The van der Waals surface area contributed by atoms with Crippen molar-refractivity contribution in [2.24, 2.45) is 0 Å². The molecular weight excluding hydrogens is 753 g/mol. The van der Waals surface area contributed by atoms with E-state index in [9.17, 15) is 0 Å². The predicted octanol–water partition coefficient (Wildman–Crippen LogP) is 22.7. The van der Waals surface area contributed by atoms with Gasteiger partial charge in [-0.25, -0.2) is 0 Å². The van der Waals surface area contributed by atoms with E-state index in [1.807, 2.05) is 0 Å². The van der Waals surface area contributed by atoms with Crippen LogP contribution in [-0.4, -0.2) is 34.5 Å². The second kappa shape index (κ2) is 44.2. The highest BCUT2D eigenvalue weighted by Gasteiger charge is 2.57. The Hall–Kier alpha value is 0.350. The van der Waals surface area contributed by atoms with Crippen molar-refractivity contribution in [2.45, 2.75) is 350 Å². The number of hydrogen-bond donors (Lipinski definition) is 0.